The third-order valence-electron chi connectivity index (χ3n) is 10.6. The fraction of sp³-hybridized carbons (Fsp3) is 0.386. The second-order valence-electron chi connectivity index (χ2n) is 16.7. The molecule has 402 valence electrons. The van der Waals surface area contributed by atoms with Gasteiger partial charge in [0.1, 0.15) is 29.1 Å². The molecule has 1 aliphatic rings. The molecule has 6 rings (SSSR count). The van der Waals surface area contributed by atoms with Crippen molar-refractivity contribution in [2.24, 2.45) is 0 Å². The Morgan fingerprint density at radius 1 is 0.622 bits per heavy atom. The Hall–Kier alpha value is -4.72. The van der Waals surface area contributed by atoms with Crippen LogP contribution in [-0.2, 0) is 49.0 Å². The molecule has 74 heavy (non-hydrogen) atoms. The van der Waals surface area contributed by atoms with Crippen molar-refractivity contribution >= 4 is 132 Å². The molecule has 0 atom stereocenters. The Labute approximate surface area is 476 Å². The molecule has 30 heteroatoms. The molecule has 23 nitrogen and oxygen atoms in total. The summed E-state index contributed by atoms with van der Waals surface area (Å²) in [5.41, 5.74) is 8.39. The normalized spacial score (nSPS) is 13.2. The molecule has 1 saturated heterocycles. The van der Waals surface area contributed by atoms with Gasteiger partial charge in [0, 0.05) is 94.6 Å². The van der Waals surface area contributed by atoms with Gasteiger partial charge in [-0.1, -0.05) is 7.43 Å². The van der Waals surface area contributed by atoms with Crippen molar-refractivity contribution in [1.82, 2.24) is 24.9 Å². The predicted molar refractivity (Wildman–Crippen MR) is 301 cm³/mol. The Morgan fingerprint density at radius 2 is 1.01 bits per heavy atom. The minimum absolute atomic E-state index is 0. The number of halogens is 2. The summed E-state index contributed by atoms with van der Waals surface area (Å²) >= 11 is 6.44. The van der Waals surface area contributed by atoms with E-state index in [0.29, 0.717) is 50.4 Å². The van der Waals surface area contributed by atoms with Gasteiger partial charge in [0.05, 0.1) is 47.0 Å². The number of carbonyl (C=O) groups is 2. The van der Waals surface area contributed by atoms with Crippen LogP contribution in [0, 0.1) is 0 Å². The van der Waals surface area contributed by atoms with Crippen molar-refractivity contribution in [2.75, 3.05) is 93.9 Å². The monoisotopic (exact) mass is 1220 g/mol. The molecule has 2 amide bonds. The third-order valence-corrected chi connectivity index (χ3v) is 15.0. The van der Waals surface area contributed by atoms with E-state index in [1.807, 2.05) is 33.8 Å². The van der Waals surface area contributed by atoms with E-state index >= 15 is 0 Å². The smallest absolute Gasteiger partial charge is 1.00 e. The molecule has 0 saturated carbocycles. The molecule has 0 radical (unpaired) electrons. The van der Waals surface area contributed by atoms with Crippen LogP contribution in [0.1, 0.15) is 50.4 Å². The maximum atomic E-state index is 11.8. The Bertz CT molecular complexity index is 3090. The molecular weight excluding hydrogens is 1160 g/mol. The van der Waals surface area contributed by atoms with Crippen LogP contribution in [0.5, 0.6) is 0 Å². The van der Waals surface area contributed by atoms with Crippen molar-refractivity contribution in [3.05, 3.63) is 82.4 Å². The van der Waals surface area contributed by atoms with Crippen LogP contribution in [0.25, 0.3) is 11.1 Å². The number of sulfonamides is 3. The van der Waals surface area contributed by atoms with E-state index < -0.39 is 37.2 Å². The molecule has 1 fully saturated rings. The average molecular weight is 1230 g/mol. The van der Waals surface area contributed by atoms with E-state index in [-0.39, 0.29) is 67.2 Å². The number of nitrogen functional groups attached to an aromatic ring is 1. The van der Waals surface area contributed by atoms with Crippen LogP contribution in [0.15, 0.2) is 82.4 Å². The summed E-state index contributed by atoms with van der Waals surface area (Å²) in [4.78, 5) is 42.5. The zero-order valence-electron chi connectivity index (χ0n) is 44.2. The molecule has 0 unspecified atom stereocenters. The van der Waals surface area contributed by atoms with Gasteiger partial charge in [-0.25, -0.2) is 50.2 Å². The zero-order valence-corrected chi connectivity index (χ0v) is 50.8. The van der Waals surface area contributed by atoms with Crippen LogP contribution < -0.4 is 74.9 Å². The number of rotatable bonds is 12. The van der Waals surface area contributed by atoms with Crippen molar-refractivity contribution in [1.29, 1.82) is 0 Å². The quantitative estimate of drug-likeness (QED) is 0.112. The number of hydrogen-bond acceptors (Lipinski definition) is 18. The molecule has 0 bridgehead atoms. The predicted octanol–water partition coefficient (Wildman–Crippen LogP) is 2.74. The molecule has 0 aromatic carbocycles. The van der Waals surface area contributed by atoms with Crippen molar-refractivity contribution in [2.45, 2.75) is 60.2 Å². The number of anilines is 8. The number of carbonyl (C=O) groups excluding carboxylic acids is 2. The van der Waals surface area contributed by atoms with Gasteiger partial charge in [-0.3, -0.25) is 22.5 Å². The first-order chi connectivity index (χ1) is 33.1. The van der Waals surface area contributed by atoms with E-state index in [1.54, 1.807) is 75.3 Å². The second-order valence-corrected chi connectivity index (χ2v) is 24.6. The molecule has 0 aliphatic carbocycles. The zero-order chi connectivity index (χ0) is 54.7. The van der Waals surface area contributed by atoms with E-state index in [1.165, 1.54) is 45.5 Å². The molecule has 0 spiro atoms. The van der Waals surface area contributed by atoms with Crippen LogP contribution in [-0.4, -0.2) is 134 Å². The van der Waals surface area contributed by atoms with Gasteiger partial charge in [-0.2, -0.15) is 0 Å². The standard InChI is InChI=1S/C15H19N5O3S.C13H19BN2O3.C8H12BrN3O2S.C7H10BrN3O2S.CH4.Na.H/c1-10(21)19-14-8-11(5-6-17-14)12-7-13(15(16-2)18-9-12)20(3)24(4,22)23;1-9(17)16-11-8-10(6-7-15-11)14-18-12(2,3)13(4,5)19-14;1-10-8-7(4-6(9)5-11-8)12(2)15(3,13)14;1-11(14(2,12)13)6-3-5(8)4-10-7(6)9;;;/h5-9H,1-4H3,(H,16,18)(H,17,19,21);6-8H,1-5H3,(H,15,16,17);4-5H,1-3H3,(H,10,11);3-4H,1-2H3,(H2,9,10);1H4;;/q;;;;;+1;-1. The number of aromatic nitrogens is 5. The minimum Gasteiger partial charge on any atom is -1.00 e. The second kappa shape index (κ2) is 27.9. The largest absolute Gasteiger partial charge is 1.00 e. The maximum Gasteiger partial charge on any atom is 1.00 e. The summed E-state index contributed by atoms with van der Waals surface area (Å²) in [6, 6.07) is 12.1. The number of hydrogen-bond donors (Lipinski definition) is 5. The number of nitrogens with one attached hydrogen (secondary N) is 4. The van der Waals surface area contributed by atoms with Gasteiger partial charge in [0.25, 0.3) is 0 Å². The fourth-order valence-corrected chi connectivity index (χ4v) is 7.95. The number of amides is 2. The maximum absolute atomic E-state index is 11.8. The first-order valence-electron chi connectivity index (χ1n) is 21.2. The summed E-state index contributed by atoms with van der Waals surface area (Å²) in [5.74, 6) is 1.69. The van der Waals surface area contributed by atoms with Crippen molar-refractivity contribution in [3.63, 3.8) is 0 Å². The van der Waals surface area contributed by atoms with Crippen LogP contribution in [0.3, 0.4) is 0 Å². The molecular formula is C44H65BBr2N13NaO10S3. The summed E-state index contributed by atoms with van der Waals surface area (Å²) in [5, 5.41) is 11.0. The average Bonchev–Trinajstić information content (AvgIpc) is 3.51. The first-order valence-corrected chi connectivity index (χ1v) is 28.3. The molecule has 5 aromatic heterocycles. The summed E-state index contributed by atoms with van der Waals surface area (Å²) < 4.78 is 85.6. The Morgan fingerprint density at radius 3 is 1.46 bits per heavy atom. The fourth-order valence-electron chi connectivity index (χ4n) is 5.81. The van der Waals surface area contributed by atoms with Gasteiger partial charge in [0.15, 0.2) is 0 Å². The van der Waals surface area contributed by atoms with Gasteiger partial charge >= 0.3 is 36.7 Å². The Kier molecular flexibility index (Phi) is 25.4. The van der Waals surface area contributed by atoms with Gasteiger partial charge < -0.3 is 37.7 Å². The summed E-state index contributed by atoms with van der Waals surface area (Å²) in [7, 11) is -2.71. The molecule has 5 aromatic rings. The summed E-state index contributed by atoms with van der Waals surface area (Å²) in [6.07, 6.45) is 11.3. The van der Waals surface area contributed by atoms with E-state index in [9.17, 15) is 34.8 Å². The van der Waals surface area contributed by atoms with Gasteiger partial charge in [-0.15, -0.1) is 0 Å². The van der Waals surface area contributed by atoms with E-state index in [0.717, 1.165) is 42.9 Å². The molecule has 1 aliphatic heterocycles. The van der Waals surface area contributed by atoms with Crippen molar-refractivity contribution in [3.8, 4) is 11.1 Å². The molecule has 6 N–H and O–H groups in total. The van der Waals surface area contributed by atoms with Gasteiger partial charge in [0.2, 0.25) is 41.9 Å². The SMILES string of the molecule is C.CC(=O)Nc1cc(B2OC(C)(C)C(C)(C)O2)ccn1.CN(c1cc(Br)cnc1N)S(C)(=O)=O.CNc1ncc(-c2ccnc(NC(C)=O)c2)cc1N(C)S(C)(=O)=O.CNc1ncc(Br)cc1N(C)S(C)(=O)=O.[H-].[Na+]. The van der Waals surface area contributed by atoms with Crippen LogP contribution in [0.2, 0.25) is 0 Å². The Balaban J connectivity index is 0.000000982. The van der Waals surface area contributed by atoms with E-state index in [4.69, 9.17) is 15.0 Å². The minimum atomic E-state index is -3.43. The van der Waals surface area contributed by atoms with Crippen molar-refractivity contribution < 1.29 is 75.1 Å². The number of nitrogens with two attached hydrogens (primary N) is 1. The van der Waals surface area contributed by atoms with E-state index in [2.05, 4.69) is 78.0 Å². The summed E-state index contributed by atoms with van der Waals surface area (Å²) in [6.45, 7) is 10.9. The van der Waals surface area contributed by atoms with Crippen LogP contribution in [0.4, 0.5) is 46.2 Å². The number of pyridine rings is 5. The van der Waals surface area contributed by atoms with Gasteiger partial charge in [-0.05, 0) is 113 Å². The topological polar surface area (TPSA) is 303 Å². The number of nitrogens with zero attached hydrogens (tertiary/aromatic N) is 8. The van der Waals surface area contributed by atoms with Crippen LogP contribution >= 0.6 is 31.9 Å². The third kappa shape index (κ3) is 19.5. The molecule has 6 heterocycles. The first kappa shape index (κ1) is 67.3.